The number of aliphatic imine (C=N–C) groups is 1. The third-order valence-electron chi connectivity index (χ3n) is 6.20. The minimum atomic E-state index is 0.123. The molecule has 2 heterocycles. The second kappa shape index (κ2) is 10.9. The number of ether oxygens (including phenoxy) is 2. The van der Waals surface area contributed by atoms with Crippen LogP contribution in [0.15, 0.2) is 65.7 Å². The molecule has 5 rings (SSSR count). The van der Waals surface area contributed by atoms with Crippen molar-refractivity contribution in [3.63, 3.8) is 0 Å². The van der Waals surface area contributed by atoms with E-state index in [0.29, 0.717) is 19.6 Å². The van der Waals surface area contributed by atoms with E-state index in [2.05, 4.69) is 54.3 Å². The lowest BCUT2D eigenvalue weighted by Gasteiger charge is -2.10. The highest BCUT2D eigenvalue weighted by Crippen LogP contribution is 2.33. The van der Waals surface area contributed by atoms with Gasteiger partial charge in [0.25, 0.3) is 0 Å². The number of aromatic amines is 1. The fourth-order valence-corrected chi connectivity index (χ4v) is 4.28. The first kappa shape index (κ1) is 24.0. The first-order valence-corrected chi connectivity index (χ1v) is 12.4. The zero-order valence-corrected chi connectivity index (χ0v) is 20.8. The molecule has 0 fully saturated rings. The lowest BCUT2D eigenvalue weighted by atomic mass is 10.0. The minimum absolute atomic E-state index is 0.123. The monoisotopic (exact) mass is 484 g/mol. The van der Waals surface area contributed by atoms with Crippen LogP contribution in [0.3, 0.4) is 0 Å². The van der Waals surface area contributed by atoms with Gasteiger partial charge in [0.05, 0.1) is 35.6 Å². The summed E-state index contributed by atoms with van der Waals surface area (Å²) in [5.74, 6) is 2.46. The Labute approximate surface area is 211 Å². The lowest BCUT2D eigenvalue weighted by Crippen LogP contribution is -2.15. The number of aliphatic hydroxyl groups is 1. The van der Waals surface area contributed by atoms with Crippen molar-refractivity contribution in [2.75, 3.05) is 40.5 Å². The number of aliphatic hydroxyl groups excluding tert-OH is 1. The van der Waals surface area contributed by atoms with Gasteiger partial charge in [0.15, 0.2) is 0 Å². The molecular weight excluding hydrogens is 452 g/mol. The molecule has 1 aromatic heterocycles. The zero-order chi connectivity index (χ0) is 24.9. The fourth-order valence-electron chi connectivity index (χ4n) is 4.28. The Balaban J connectivity index is 1.26. The zero-order valence-electron chi connectivity index (χ0n) is 20.8. The van der Waals surface area contributed by atoms with E-state index >= 15 is 0 Å². The Bertz CT molecular complexity index is 1360. The molecule has 7 heteroatoms. The summed E-state index contributed by atoms with van der Waals surface area (Å²) in [7, 11) is 4.14. The summed E-state index contributed by atoms with van der Waals surface area (Å²) >= 11 is 0. The fraction of sp³-hybridized carbons (Fsp3) is 0.310. The van der Waals surface area contributed by atoms with Gasteiger partial charge in [0.1, 0.15) is 17.3 Å². The highest BCUT2D eigenvalue weighted by atomic mass is 16.5. The van der Waals surface area contributed by atoms with E-state index < -0.39 is 0 Å². The molecule has 0 saturated heterocycles. The number of nitrogens with one attached hydrogen (secondary N) is 1. The quantitative estimate of drug-likeness (QED) is 0.293. The van der Waals surface area contributed by atoms with Gasteiger partial charge in [-0.1, -0.05) is 30.3 Å². The molecule has 1 aliphatic rings. The summed E-state index contributed by atoms with van der Waals surface area (Å²) in [4.78, 5) is 15.2. The topological polar surface area (TPSA) is 83.0 Å². The van der Waals surface area contributed by atoms with Gasteiger partial charge in [-0.25, -0.2) is 4.98 Å². The van der Waals surface area contributed by atoms with Crippen molar-refractivity contribution < 1.29 is 14.6 Å². The van der Waals surface area contributed by atoms with Gasteiger partial charge in [0.2, 0.25) is 0 Å². The maximum absolute atomic E-state index is 8.93. The maximum Gasteiger partial charge on any atom is 0.138 e. The van der Waals surface area contributed by atoms with Gasteiger partial charge in [-0.05, 0) is 49.8 Å². The summed E-state index contributed by atoms with van der Waals surface area (Å²) in [5, 5.41) is 8.93. The molecule has 0 atom stereocenters. The van der Waals surface area contributed by atoms with Crippen LogP contribution in [0.1, 0.15) is 24.0 Å². The van der Waals surface area contributed by atoms with E-state index in [1.54, 1.807) is 0 Å². The van der Waals surface area contributed by atoms with Crippen LogP contribution in [0.25, 0.3) is 22.4 Å². The minimum Gasteiger partial charge on any atom is -0.493 e. The van der Waals surface area contributed by atoms with Gasteiger partial charge >= 0.3 is 0 Å². The molecule has 0 spiro atoms. The summed E-state index contributed by atoms with van der Waals surface area (Å²) in [6.07, 6.45) is 2.43. The standard InChI is InChI=1S/C29H32N4O3/c1-33(2)13-3-15-35-23-10-9-22-17-26(30-27(22)18-23)20-5-7-21(8-6-20)29-31-25-12-11-24(19-28(25)32-29)36-16-4-14-34/h5-12,18-19,34H,3-4,13-17H2,1-2H3,(H,31,32). The summed E-state index contributed by atoms with van der Waals surface area (Å²) in [6.45, 7) is 2.33. The number of hydrogen-bond acceptors (Lipinski definition) is 6. The highest BCUT2D eigenvalue weighted by Gasteiger charge is 2.17. The second-order valence-electron chi connectivity index (χ2n) is 9.30. The van der Waals surface area contributed by atoms with Crippen LogP contribution in [0.4, 0.5) is 5.69 Å². The molecule has 4 aromatic rings. The number of aromatic nitrogens is 2. The Hall–Kier alpha value is -3.68. The van der Waals surface area contributed by atoms with Crippen molar-refractivity contribution in [3.05, 3.63) is 71.8 Å². The van der Waals surface area contributed by atoms with Crippen molar-refractivity contribution in [3.8, 4) is 22.9 Å². The predicted molar refractivity (Wildman–Crippen MR) is 144 cm³/mol. The van der Waals surface area contributed by atoms with E-state index in [-0.39, 0.29) is 6.61 Å². The number of benzene rings is 3. The van der Waals surface area contributed by atoms with Gasteiger partial charge in [-0.3, -0.25) is 4.99 Å². The Morgan fingerprint density at radius 1 is 0.889 bits per heavy atom. The molecule has 1 aliphatic heterocycles. The molecule has 0 unspecified atom stereocenters. The number of nitrogens with zero attached hydrogens (tertiary/aromatic N) is 3. The number of hydrogen-bond donors (Lipinski definition) is 2. The van der Waals surface area contributed by atoms with E-state index in [9.17, 15) is 0 Å². The molecule has 0 aliphatic carbocycles. The van der Waals surface area contributed by atoms with Crippen LogP contribution in [-0.4, -0.2) is 66.1 Å². The van der Waals surface area contributed by atoms with Gasteiger partial charge in [0, 0.05) is 43.7 Å². The molecule has 0 saturated carbocycles. The summed E-state index contributed by atoms with van der Waals surface area (Å²) in [6, 6.07) is 20.4. The van der Waals surface area contributed by atoms with Gasteiger partial charge in [-0.15, -0.1) is 0 Å². The van der Waals surface area contributed by atoms with Crippen LogP contribution < -0.4 is 9.47 Å². The molecule has 0 radical (unpaired) electrons. The van der Waals surface area contributed by atoms with Crippen LogP contribution in [0.5, 0.6) is 11.5 Å². The number of H-pyrrole nitrogens is 1. The Morgan fingerprint density at radius 3 is 2.39 bits per heavy atom. The third kappa shape index (κ3) is 5.58. The van der Waals surface area contributed by atoms with E-state index in [1.807, 2.05) is 30.3 Å². The first-order chi connectivity index (χ1) is 17.6. The largest absolute Gasteiger partial charge is 0.493 e. The van der Waals surface area contributed by atoms with E-state index in [0.717, 1.165) is 70.3 Å². The highest BCUT2D eigenvalue weighted by molar-refractivity contribution is 6.06. The van der Waals surface area contributed by atoms with E-state index in [1.165, 1.54) is 5.56 Å². The average Bonchev–Trinajstić information content (AvgIpc) is 3.50. The van der Waals surface area contributed by atoms with Crippen molar-refractivity contribution in [2.45, 2.75) is 19.3 Å². The van der Waals surface area contributed by atoms with Crippen molar-refractivity contribution >= 4 is 22.4 Å². The molecule has 186 valence electrons. The molecule has 7 nitrogen and oxygen atoms in total. The van der Waals surface area contributed by atoms with Crippen LogP contribution in [0, 0.1) is 0 Å². The second-order valence-corrected chi connectivity index (χ2v) is 9.30. The number of rotatable bonds is 11. The summed E-state index contributed by atoms with van der Waals surface area (Å²) < 4.78 is 11.6. The molecular formula is C29H32N4O3. The molecule has 2 N–H and O–H groups in total. The maximum atomic E-state index is 8.93. The van der Waals surface area contributed by atoms with Crippen molar-refractivity contribution in [1.82, 2.24) is 14.9 Å². The van der Waals surface area contributed by atoms with Gasteiger partial charge in [-0.2, -0.15) is 0 Å². The van der Waals surface area contributed by atoms with Crippen LogP contribution in [0.2, 0.25) is 0 Å². The summed E-state index contributed by atoms with van der Waals surface area (Å²) in [5.41, 5.74) is 7.22. The molecule has 36 heavy (non-hydrogen) atoms. The van der Waals surface area contributed by atoms with E-state index in [4.69, 9.17) is 24.6 Å². The Kier molecular flexibility index (Phi) is 7.30. The molecule has 0 amide bonds. The smallest absolute Gasteiger partial charge is 0.138 e. The average molecular weight is 485 g/mol. The van der Waals surface area contributed by atoms with Gasteiger partial charge < -0.3 is 24.5 Å². The number of imidazole rings is 1. The van der Waals surface area contributed by atoms with Crippen LogP contribution >= 0.6 is 0 Å². The number of fused-ring (bicyclic) bond motifs is 2. The first-order valence-electron chi connectivity index (χ1n) is 12.4. The Morgan fingerprint density at radius 2 is 1.61 bits per heavy atom. The molecule has 0 bridgehead atoms. The SMILES string of the molecule is CN(C)CCCOc1ccc2c(c1)N=C(c1ccc(-c3nc4ccc(OCCCO)cc4[nH]3)cc1)C2. The third-order valence-corrected chi connectivity index (χ3v) is 6.20. The molecule has 3 aromatic carbocycles. The normalized spacial score (nSPS) is 12.7. The van der Waals surface area contributed by atoms with Crippen molar-refractivity contribution in [2.24, 2.45) is 4.99 Å². The van der Waals surface area contributed by atoms with Crippen molar-refractivity contribution in [1.29, 1.82) is 0 Å². The predicted octanol–water partition coefficient (Wildman–Crippen LogP) is 5.00. The van der Waals surface area contributed by atoms with Crippen LogP contribution in [-0.2, 0) is 6.42 Å². The lowest BCUT2D eigenvalue weighted by molar-refractivity contribution is 0.233.